The number of rotatable bonds is 8. The van der Waals surface area contributed by atoms with Gasteiger partial charge >= 0.3 is 6.18 Å². The van der Waals surface area contributed by atoms with Gasteiger partial charge in [0.1, 0.15) is 13.2 Å². The third-order valence-corrected chi connectivity index (χ3v) is 2.12. The van der Waals surface area contributed by atoms with Crippen molar-refractivity contribution in [1.29, 1.82) is 0 Å². The Balaban J connectivity index is 1.85. The maximum absolute atomic E-state index is 11.7. The lowest BCUT2D eigenvalue weighted by Gasteiger charge is -2.08. The Morgan fingerprint density at radius 3 is 2.59 bits per heavy atom. The van der Waals surface area contributed by atoms with Gasteiger partial charge in [-0.15, -0.1) is 0 Å². The highest BCUT2D eigenvalue weighted by atomic mass is 19.4. The fourth-order valence-electron chi connectivity index (χ4n) is 1.10. The molecule has 1 aliphatic carbocycles. The van der Waals surface area contributed by atoms with Crippen LogP contribution in [-0.4, -0.2) is 45.1 Å². The molecule has 1 saturated carbocycles. The van der Waals surface area contributed by atoms with Gasteiger partial charge in [0.05, 0.1) is 13.2 Å². The average molecular weight is 255 g/mol. The number of amides is 1. The standard InChI is InChI=1S/C10H16F3NO3/c11-10(12,13)7-16-4-3-14-9(15)6-17-5-8-1-2-8/h8H,1-7H2,(H,14,15). The van der Waals surface area contributed by atoms with E-state index in [0.29, 0.717) is 12.5 Å². The van der Waals surface area contributed by atoms with E-state index >= 15 is 0 Å². The van der Waals surface area contributed by atoms with Crippen LogP contribution in [0.1, 0.15) is 12.8 Å². The minimum absolute atomic E-state index is 0.0459. The zero-order chi connectivity index (χ0) is 12.7. The fraction of sp³-hybridized carbons (Fsp3) is 0.900. The van der Waals surface area contributed by atoms with Crippen LogP contribution in [0.2, 0.25) is 0 Å². The molecule has 1 aliphatic rings. The summed E-state index contributed by atoms with van der Waals surface area (Å²) in [6.45, 7) is -0.857. The second-order valence-electron chi connectivity index (χ2n) is 3.98. The highest BCUT2D eigenvalue weighted by molar-refractivity contribution is 5.77. The van der Waals surface area contributed by atoms with Gasteiger partial charge in [0.2, 0.25) is 5.91 Å². The van der Waals surface area contributed by atoms with Crippen LogP contribution in [0, 0.1) is 5.92 Å². The lowest BCUT2D eigenvalue weighted by Crippen LogP contribution is -2.31. The Bertz CT molecular complexity index is 241. The van der Waals surface area contributed by atoms with Crippen molar-refractivity contribution in [3.63, 3.8) is 0 Å². The number of nitrogens with one attached hydrogen (secondary N) is 1. The Morgan fingerprint density at radius 2 is 2.00 bits per heavy atom. The smallest absolute Gasteiger partial charge is 0.371 e. The van der Waals surface area contributed by atoms with Gasteiger partial charge in [0, 0.05) is 6.54 Å². The minimum atomic E-state index is -4.32. The first-order valence-electron chi connectivity index (χ1n) is 5.46. The molecule has 1 fully saturated rings. The predicted octanol–water partition coefficient (Wildman–Crippen LogP) is 1.11. The van der Waals surface area contributed by atoms with E-state index < -0.39 is 12.8 Å². The number of ether oxygens (including phenoxy) is 2. The molecule has 1 N–H and O–H groups in total. The molecule has 0 aromatic rings. The van der Waals surface area contributed by atoms with Gasteiger partial charge in [-0.2, -0.15) is 13.2 Å². The second-order valence-corrected chi connectivity index (χ2v) is 3.98. The molecule has 17 heavy (non-hydrogen) atoms. The summed E-state index contributed by atoms with van der Waals surface area (Å²) in [5, 5.41) is 2.41. The van der Waals surface area contributed by atoms with Gasteiger partial charge in [0.15, 0.2) is 0 Å². The summed E-state index contributed by atoms with van der Waals surface area (Å²) in [7, 11) is 0. The van der Waals surface area contributed by atoms with Crippen LogP contribution in [0.5, 0.6) is 0 Å². The Morgan fingerprint density at radius 1 is 1.29 bits per heavy atom. The molecule has 0 aromatic carbocycles. The first kappa shape index (κ1) is 14.2. The van der Waals surface area contributed by atoms with Gasteiger partial charge in [-0.05, 0) is 18.8 Å². The molecule has 0 aromatic heterocycles. The van der Waals surface area contributed by atoms with Crippen molar-refractivity contribution in [3.05, 3.63) is 0 Å². The predicted molar refractivity (Wildman–Crippen MR) is 53.4 cm³/mol. The van der Waals surface area contributed by atoms with E-state index in [1.807, 2.05) is 0 Å². The first-order chi connectivity index (χ1) is 7.97. The van der Waals surface area contributed by atoms with Gasteiger partial charge < -0.3 is 14.8 Å². The molecule has 0 unspecified atom stereocenters. The minimum Gasteiger partial charge on any atom is -0.371 e. The molecule has 0 aliphatic heterocycles. The molecule has 1 amide bonds. The molecule has 100 valence electrons. The number of hydrogen-bond acceptors (Lipinski definition) is 3. The largest absolute Gasteiger partial charge is 0.411 e. The summed E-state index contributed by atoms with van der Waals surface area (Å²) < 4.78 is 44.4. The summed E-state index contributed by atoms with van der Waals surface area (Å²) in [5.74, 6) is 0.249. The van der Waals surface area contributed by atoms with Crippen molar-refractivity contribution in [2.24, 2.45) is 5.92 Å². The zero-order valence-corrected chi connectivity index (χ0v) is 9.39. The molecule has 0 saturated heterocycles. The van der Waals surface area contributed by atoms with Crippen molar-refractivity contribution in [2.75, 3.05) is 33.0 Å². The summed E-state index contributed by atoms with van der Waals surface area (Å²) in [6.07, 6.45) is -2.03. The normalized spacial score (nSPS) is 15.9. The van der Waals surface area contributed by atoms with Crippen LogP contribution >= 0.6 is 0 Å². The van der Waals surface area contributed by atoms with Crippen molar-refractivity contribution in [1.82, 2.24) is 5.32 Å². The van der Waals surface area contributed by atoms with Crippen molar-refractivity contribution < 1.29 is 27.4 Å². The van der Waals surface area contributed by atoms with E-state index in [-0.39, 0.29) is 25.7 Å². The molecule has 7 heteroatoms. The van der Waals surface area contributed by atoms with Crippen LogP contribution in [0.25, 0.3) is 0 Å². The molecule has 0 radical (unpaired) electrons. The lowest BCUT2D eigenvalue weighted by molar-refractivity contribution is -0.173. The van der Waals surface area contributed by atoms with Gasteiger partial charge in [-0.1, -0.05) is 0 Å². The quantitative estimate of drug-likeness (QED) is 0.661. The van der Waals surface area contributed by atoms with E-state index in [9.17, 15) is 18.0 Å². The summed E-state index contributed by atoms with van der Waals surface area (Å²) in [5.41, 5.74) is 0. The number of carbonyl (C=O) groups excluding carboxylic acids is 1. The lowest BCUT2D eigenvalue weighted by atomic mass is 10.5. The molecule has 0 spiro atoms. The van der Waals surface area contributed by atoms with Crippen LogP contribution in [0.3, 0.4) is 0 Å². The van der Waals surface area contributed by atoms with E-state index in [4.69, 9.17) is 4.74 Å². The molecule has 0 bridgehead atoms. The zero-order valence-electron chi connectivity index (χ0n) is 9.39. The average Bonchev–Trinajstić information content (AvgIpc) is 2.99. The molecular formula is C10H16F3NO3. The molecule has 0 atom stereocenters. The van der Waals surface area contributed by atoms with Crippen LogP contribution in [0.15, 0.2) is 0 Å². The first-order valence-corrected chi connectivity index (χ1v) is 5.46. The van der Waals surface area contributed by atoms with Gasteiger partial charge in [-0.25, -0.2) is 0 Å². The van der Waals surface area contributed by atoms with Gasteiger partial charge in [0.25, 0.3) is 0 Å². The number of hydrogen-bond donors (Lipinski definition) is 1. The second kappa shape index (κ2) is 6.80. The van der Waals surface area contributed by atoms with E-state index in [1.54, 1.807) is 0 Å². The number of alkyl halides is 3. The van der Waals surface area contributed by atoms with Crippen LogP contribution in [0.4, 0.5) is 13.2 Å². The molecule has 0 heterocycles. The summed E-state index contributed by atoms with van der Waals surface area (Å²) in [4.78, 5) is 11.1. The van der Waals surface area contributed by atoms with Gasteiger partial charge in [-0.3, -0.25) is 4.79 Å². The van der Waals surface area contributed by atoms with Crippen molar-refractivity contribution in [2.45, 2.75) is 19.0 Å². The fourth-order valence-corrected chi connectivity index (χ4v) is 1.10. The Kier molecular flexibility index (Phi) is 5.70. The SMILES string of the molecule is O=C(COCC1CC1)NCCOCC(F)(F)F. The molecule has 4 nitrogen and oxygen atoms in total. The van der Waals surface area contributed by atoms with Crippen molar-refractivity contribution >= 4 is 5.91 Å². The topological polar surface area (TPSA) is 47.6 Å². The molecular weight excluding hydrogens is 239 g/mol. The third kappa shape index (κ3) is 8.93. The molecule has 1 rings (SSSR count). The maximum Gasteiger partial charge on any atom is 0.411 e. The number of halogens is 3. The Labute approximate surface area is 97.5 Å². The summed E-state index contributed by atoms with van der Waals surface area (Å²) >= 11 is 0. The van der Waals surface area contributed by atoms with E-state index in [2.05, 4.69) is 10.1 Å². The van der Waals surface area contributed by atoms with Crippen LogP contribution in [-0.2, 0) is 14.3 Å². The summed E-state index contributed by atoms with van der Waals surface area (Å²) in [6, 6.07) is 0. The highest BCUT2D eigenvalue weighted by Crippen LogP contribution is 2.28. The van der Waals surface area contributed by atoms with Crippen molar-refractivity contribution in [3.8, 4) is 0 Å². The monoisotopic (exact) mass is 255 g/mol. The van der Waals surface area contributed by atoms with Crippen LogP contribution < -0.4 is 5.32 Å². The van der Waals surface area contributed by atoms with E-state index in [0.717, 1.165) is 12.8 Å². The maximum atomic E-state index is 11.7. The van der Waals surface area contributed by atoms with E-state index in [1.165, 1.54) is 0 Å². The number of carbonyl (C=O) groups is 1. The Hall–Kier alpha value is -0.820. The highest BCUT2D eigenvalue weighted by Gasteiger charge is 2.27. The third-order valence-electron chi connectivity index (χ3n) is 2.12.